The highest BCUT2D eigenvalue weighted by atomic mass is 19.4. The van der Waals surface area contributed by atoms with E-state index in [1.807, 2.05) is 23.9 Å². The highest BCUT2D eigenvalue weighted by Gasteiger charge is 2.30. The van der Waals surface area contributed by atoms with Crippen LogP contribution in [0.25, 0.3) is 0 Å². The van der Waals surface area contributed by atoms with Gasteiger partial charge in [-0.25, -0.2) is 0 Å². The molecular formula is C21H24F3N5O2. The van der Waals surface area contributed by atoms with Crippen molar-refractivity contribution >= 4 is 0 Å². The number of benzene rings is 1. The molecule has 0 saturated carbocycles. The number of aromatic amines is 1. The standard InChI is InChI=1S/C21H24F3N5O2/c1-28-17(6-8-25-28)13-29-9-11-31-20(14-29)19-12-16(26-27-19)7-10-30-18-4-2-15(3-5-18)21(22,23)24/h2-6,8,12,20H,7,9-11,13-14H2,1H3,(H,26,27)/t20-/m0/s1. The third-order valence-electron chi connectivity index (χ3n) is 5.26. The molecule has 31 heavy (non-hydrogen) atoms. The number of halogens is 3. The Morgan fingerprint density at radius 2 is 2.03 bits per heavy atom. The minimum absolute atomic E-state index is 0.122. The molecule has 0 unspecified atom stereocenters. The maximum atomic E-state index is 12.6. The molecule has 4 rings (SSSR count). The second kappa shape index (κ2) is 9.11. The van der Waals surface area contributed by atoms with Crippen molar-refractivity contribution in [2.24, 2.45) is 7.05 Å². The van der Waals surface area contributed by atoms with Crippen molar-refractivity contribution in [3.05, 3.63) is 65.2 Å². The van der Waals surface area contributed by atoms with E-state index in [1.54, 1.807) is 6.20 Å². The van der Waals surface area contributed by atoms with E-state index in [0.29, 0.717) is 25.4 Å². The zero-order valence-corrected chi connectivity index (χ0v) is 17.1. The minimum atomic E-state index is -4.35. The first-order valence-electron chi connectivity index (χ1n) is 10.0. The summed E-state index contributed by atoms with van der Waals surface area (Å²) < 4.78 is 51.2. The van der Waals surface area contributed by atoms with Crippen LogP contribution in [-0.2, 0) is 30.9 Å². The van der Waals surface area contributed by atoms with Gasteiger partial charge in [0.1, 0.15) is 11.9 Å². The summed E-state index contributed by atoms with van der Waals surface area (Å²) in [6.45, 7) is 3.33. The maximum absolute atomic E-state index is 12.6. The fourth-order valence-electron chi connectivity index (χ4n) is 3.50. The second-order valence-electron chi connectivity index (χ2n) is 7.48. The molecule has 3 aromatic rings. The first kappa shape index (κ1) is 21.4. The Balaban J connectivity index is 1.27. The van der Waals surface area contributed by atoms with E-state index in [0.717, 1.165) is 48.8 Å². The highest BCUT2D eigenvalue weighted by Crippen LogP contribution is 2.30. The summed E-state index contributed by atoms with van der Waals surface area (Å²) in [5, 5.41) is 11.6. The zero-order chi connectivity index (χ0) is 21.8. The Morgan fingerprint density at radius 3 is 2.74 bits per heavy atom. The summed E-state index contributed by atoms with van der Waals surface area (Å²) >= 11 is 0. The van der Waals surface area contributed by atoms with Crippen molar-refractivity contribution in [3.8, 4) is 5.75 Å². The van der Waals surface area contributed by atoms with Gasteiger partial charge in [0, 0.05) is 45.0 Å². The molecule has 1 fully saturated rings. The van der Waals surface area contributed by atoms with Gasteiger partial charge in [-0.05, 0) is 36.4 Å². The van der Waals surface area contributed by atoms with Crippen molar-refractivity contribution in [2.45, 2.75) is 25.2 Å². The van der Waals surface area contributed by atoms with Gasteiger partial charge < -0.3 is 9.47 Å². The Hall–Kier alpha value is -2.85. The van der Waals surface area contributed by atoms with Crippen LogP contribution in [0.1, 0.15) is 28.7 Å². The summed E-state index contributed by atoms with van der Waals surface area (Å²) in [5.74, 6) is 0.397. The smallest absolute Gasteiger partial charge is 0.416 e. The lowest BCUT2D eigenvalue weighted by molar-refractivity contribution is -0.137. The van der Waals surface area contributed by atoms with E-state index in [-0.39, 0.29) is 6.10 Å². The first-order valence-corrected chi connectivity index (χ1v) is 10.0. The Morgan fingerprint density at radius 1 is 1.23 bits per heavy atom. The van der Waals surface area contributed by atoms with E-state index in [9.17, 15) is 13.2 Å². The monoisotopic (exact) mass is 435 g/mol. The number of aromatic nitrogens is 4. The van der Waals surface area contributed by atoms with E-state index in [1.165, 1.54) is 12.1 Å². The molecule has 0 radical (unpaired) electrons. The molecule has 1 atom stereocenters. The predicted octanol–water partition coefficient (Wildman–Crippen LogP) is 3.36. The molecule has 1 saturated heterocycles. The molecule has 0 bridgehead atoms. The molecule has 2 aromatic heterocycles. The van der Waals surface area contributed by atoms with Gasteiger partial charge in [0.15, 0.2) is 0 Å². The van der Waals surface area contributed by atoms with Crippen LogP contribution in [0.2, 0.25) is 0 Å². The largest absolute Gasteiger partial charge is 0.493 e. The Bertz CT molecular complexity index is 984. The van der Waals surface area contributed by atoms with E-state index in [2.05, 4.69) is 20.2 Å². The van der Waals surface area contributed by atoms with Crippen molar-refractivity contribution < 1.29 is 22.6 Å². The number of alkyl halides is 3. The maximum Gasteiger partial charge on any atom is 0.416 e. The Labute approximate surface area is 177 Å². The van der Waals surface area contributed by atoms with Gasteiger partial charge in [-0.15, -0.1) is 0 Å². The van der Waals surface area contributed by atoms with Crippen LogP contribution in [0.3, 0.4) is 0 Å². The third kappa shape index (κ3) is 5.45. The summed E-state index contributed by atoms with van der Waals surface area (Å²) in [6.07, 6.45) is -2.12. The molecular weight excluding hydrogens is 411 g/mol. The van der Waals surface area contributed by atoms with Crippen molar-refractivity contribution in [2.75, 3.05) is 26.3 Å². The zero-order valence-electron chi connectivity index (χ0n) is 17.1. The number of nitrogens with zero attached hydrogens (tertiary/aromatic N) is 4. The number of aryl methyl sites for hydroxylation is 1. The number of hydrogen-bond acceptors (Lipinski definition) is 5. The van der Waals surface area contributed by atoms with Crippen LogP contribution < -0.4 is 4.74 Å². The lowest BCUT2D eigenvalue weighted by atomic mass is 10.1. The fourth-order valence-corrected chi connectivity index (χ4v) is 3.50. The average molecular weight is 435 g/mol. The van der Waals surface area contributed by atoms with Crippen LogP contribution in [-0.4, -0.2) is 51.2 Å². The third-order valence-corrected chi connectivity index (χ3v) is 5.26. The molecule has 1 N–H and O–H groups in total. The van der Waals surface area contributed by atoms with Crippen LogP contribution in [0, 0.1) is 0 Å². The number of nitrogens with one attached hydrogen (secondary N) is 1. The van der Waals surface area contributed by atoms with Gasteiger partial charge >= 0.3 is 6.18 Å². The summed E-state index contributed by atoms with van der Waals surface area (Å²) in [4.78, 5) is 2.31. The number of hydrogen-bond donors (Lipinski definition) is 1. The topological polar surface area (TPSA) is 68.2 Å². The van der Waals surface area contributed by atoms with Crippen molar-refractivity contribution in [1.29, 1.82) is 0 Å². The second-order valence-corrected chi connectivity index (χ2v) is 7.48. The number of morpholine rings is 1. The highest BCUT2D eigenvalue weighted by molar-refractivity contribution is 5.28. The van der Waals surface area contributed by atoms with Crippen LogP contribution >= 0.6 is 0 Å². The van der Waals surface area contributed by atoms with Crippen LogP contribution in [0.4, 0.5) is 13.2 Å². The fraction of sp³-hybridized carbons (Fsp3) is 0.429. The molecule has 0 aliphatic carbocycles. The molecule has 1 aromatic carbocycles. The molecule has 1 aliphatic rings. The van der Waals surface area contributed by atoms with Crippen LogP contribution in [0.5, 0.6) is 5.75 Å². The van der Waals surface area contributed by atoms with E-state index in [4.69, 9.17) is 9.47 Å². The summed E-state index contributed by atoms with van der Waals surface area (Å²) in [6, 6.07) is 8.65. The van der Waals surface area contributed by atoms with Gasteiger partial charge in [-0.2, -0.15) is 23.4 Å². The number of ether oxygens (including phenoxy) is 2. The van der Waals surface area contributed by atoms with Gasteiger partial charge in [0.2, 0.25) is 0 Å². The normalized spacial score (nSPS) is 17.7. The van der Waals surface area contributed by atoms with Gasteiger partial charge in [-0.1, -0.05) is 0 Å². The molecule has 10 heteroatoms. The SMILES string of the molecule is Cn1nccc1CN1CCO[C@H](c2cc(CCOc3ccc(C(F)(F)F)cc3)[nH]n2)C1. The minimum Gasteiger partial charge on any atom is -0.493 e. The van der Waals surface area contributed by atoms with Crippen LogP contribution in [0.15, 0.2) is 42.6 Å². The molecule has 1 aliphatic heterocycles. The van der Waals surface area contributed by atoms with Gasteiger partial charge in [0.25, 0.3) is 0 Å². The van der Waals surface area contributed by atoms with E-state index < -0.39 is 11.7 Å². The average Bonchev–Trinajstić information content (AvgIpc) is 3.37. The molecule has 7 nitrogen and oxygen atoms in total. The van der Waals surface area contributed by atoms with Crippen molar-refractivity contribution in [3.63, 3.8) is 0 Å². The predicted molar refractivity (Wildman–Crippen MR) is 106 cm³/mol. The summed E-state index contributed by atoms with van der Waals surface area (Å²) in [7, 11) is 1.93. The van der Waals surface area contributed by atoms with Gasteiger partial charge in [-0.3, -0.25) is 14.7 Å². The lowest BCUT2D eigenvalue weighted by Crippen LogP contribution is -2.38. The van der Waals surface area contributed by atoms with Gasteiger partial charge in [0.05, 0.1) is 30.2 Å². The lowest BCUT2D eigenvalue weighted by Gasteiger charge is -2.31. The van der Waals surface area contributed by atoms with Crippen molar-refractivity contribution in [1.82, 2.24) is 24.9 Å². The first-order chi connectivity index (χ1) is 14.9. The number of H-pyrrole nitrogens is 1. The quantitative estimate of drug-likeness (QED) is 0.617. The van der Waals surface area contributed by atoms with E-state index >= 15 is 0 Å². The molecule has 0 amide bonds. The number of rotatable bonds is 7. The molecule has 166 valence electrons. The molecule has 3 heterocycles. The summed E-state index contributed by atoms with van der Waals surface area (Å²) in [5.41, 5.74) is 2.17. The Kier molecular flexibility index (Phi) is 6.28. The molecule has 0 spiro atoms.